The highest BCUT2D eigenvalue weighted by atomic mass is 16.5. The van der Waals surface area contributed by atoms with Gasteiger partial charge in [0.05, 0.1) is 12.2 Å². The molecule has 0 saturated carbocycles. The molecule has 1 aromatic carbocycles. The first-order valence-corrected chi connectivity index (χ1v) is 7.67. The number of aliphatic hydroxyl groups is 1. The first kappa shape index (κ1) is 19.4. The summed E-state index contributed by atoms with van der Waals surface area (Å²) in [4.78, 5) is 35.3. The summed E-state index contributed by atoms with van der Waals surface area (Å²) in [5.74, 6) is -1.55. The smallest absolute Gasteiger partial charge is 0.340 e. The van der Waals surface area contributed by atoms with Gasteiger partial charge in [0.15, 0.2) is 6.61 Å². The quantitative estimate of drug-likeness (QED) is 0.467. The Morgan fingerprint density at radius 2 is 1.96 bits per heavy atom. The van der Waals surface area contributed by atoms with Crippen LogP contribution in [0.1, 0.15) is 24.2 Å². The zero-order valence-electron chi connectivity index (χ0n) is 13.8. The van der Waals surface area contributed by atoms with E-state index in [9.17, 15) is 14.4 Å². The molecular weight excluding hydrogens is 314 g/mol. The van der Waals surface area contributed by atoms with E-state index in [4.69, 9.17) is 9.84 Å². The molecule has 0 aliphatic carbocycles. The minimum atomic E-state index is -0.713. The second-order valence-corrected chi connectivity index (χ2v) is 4.96. The van der Waals surface area contributed by atoms with E-state index in [1.165, 1.54) is 0 Å². The molecular formula is C16H23N3O5. The van der Waals surface area contributed by atoms with Crippen molar-refractivity contribution in [3.05, 3.63) is 29.8 Å². The maximum absolute atomic E-state index is 12.1. The zero-order valence-corrected chi connectivity index (χ0v) is 13.8. The first-order chi connectivity index (χ1) is 11.5. The summed E-state index contributed by atoms with van der Waals surface area (Å²) in [6.45, 7) is 3.50. The third-order valence-electron chi connectivity index (χ3n) is 3.03. The molecule has 8 nitrogen and oxygen atoms in total. The molecule has 0 fully saturated rings. The summed E-state index contributed by atoms with van der Waals surface area (Å²) < 4.78 is 4.97. The summed E-state index contributed by atoms with van der Waals surface area (Å²) in [6.07, 6.45) is 0. The van der Waals surface area contributed by atoms with E-state index in [-0.39, 0.29) is 24.6 Å². The van der Waals surface area contributed by atoms with Gasteiger partial charge in [-0.3, -0.25) is 9.59 Å². The number of ether oxygens (including phenoxy) is 1. The fourth-order valence-electron chi connectivity index (χ4n) is 1.89. The van der Waals surface area contributed by atoms with Crippen molar-refractivity contribution in [2.75, 3.05) is 31.6 Å². The number of hydrogen-bond acceptors (Lipinski definition) is 6. The SMILES string of the molecule is CCNC(=O)[C@@H](C)NC(=O)COC(=O)c1ccccc1NCCO. The van der Waals surface area contributed by atoms with Crippen LogP contribution in [-0.2, 0) is 14.3 Å². The molecule has 0 unspecified atom stereocenters. The number of amides is 2. The number of nitrogens with one attached hydrogen (secondary N) is 3. The van der Waals surface area contributed by atoms with Gasteiger partial charge in [0.2, 0.25) is 5.91 Å². The fraction of sp³-hybridized carbons (Fsp3) is 0.438. The number of anilines is 1. The maximum atomic E-state index is 12.1. The number of likely N-dealkylation sites (N-methyl/N-ethyl adjacent to an activating group) is 1. The number of para-hydroxylation sites is 1. The Balaban J connectivity index is 2.54. The molecule has 1 atom stereocenters. The van der Waals surface area contributed by atoms with E-state index >= 15 is 0 Å². The summed E-state index contributed by atoms with van der Waals surface area (Å²) in [7, 11) is 0. The summed E-state index contributed by atoms with van der Waals surface area (Å²) >= 11 is 0. The minimum absolute atomic E-state index is 0.0799. The summed E-state index contributed by atoms with van der Waals surface area (Å²) in [5, 5.41) is 16.7. The molecule has 0 heterocycles. The molecule has 8 heteroatoms. The predicted molar refractivity (Wildman–Crippen MR) is 88.6 cm³/mol. The third kappa shape index (κ3) is 6.25. The van der Waals surface area contributed by atoms with E-state index in [0.29, 0.717) is 12.2 Å². The van der Waals surface area contributed by atoms with Crippen molar-refractivity contribution in [2.24, 2.45) is 0 Å². The lowest BCUT2D eigenvalue weighted by Crippen LogP contribution is -2.46. The van der Waals surface area contributed by atoms with E-state index in [1.54, 1.807) is 38.1 Å². The van der Waals surface area contributed by atoms with Gasteiger partial charge < -0.3 is 25.8 Å². The van der Waals surface area contributed by atoms with Crippen LogP contribution < -0.4 is 16.0 Å². The highest BCUT2D eigenvalue weighted by Crippen LogP contribution is 2.15. The molecule has 2 amide bonds. The van der Waals surface area contributed by atoms with Gasteiger partial charge in [-0.25, -0.2) is 4.79 Å². The lowest BCUT2D eigenvalue weighted by atomic mass is 10.2. The molecule has 0 radical (unpaired) electrons. The van der Waals surface area contributed by atoms with Crippen molar-refractivity contribution >= 4 is 23.5 Å². The van der Waals surface area contributed by atoms with Crippen molar-refractivity contribution in [2.45, 2.75) is 19.9 Å². The van der Waals surface area contributed by atoms with Crippen molar-refractivity contribution in [3.63, 3.8) is 0 Å². The summed E-state index contributed by atoms with van der Waals surface area (Å²) in [6, 6.07) is 5.91. The van der Waals surface area contributed by atoms with Crippen LogP contribution in [-0.4, -0.2) is 55.2 Å². The third-order valence-corrected chi connectivity index (χ3v) is 3.03. The van der Waals surface area contributed by atoms with E-state index in [2.05, 4.69) is 16.0 Å². The van der Waals surface area contributed by atoms with Crippen molar-refractivity contribution in [1.82, 2.24) is 10.6 Å². The van der Waals surface area contributed by atoms with Crippen LogP contribution in [0.2, 0.25) is 0 Å². The van der Waals surface area contributed by atoms with E-state index < -0.39 is 24.5 Å². The van der Waals surface area contributed by atoms with Crippen LogP contribution >= 0.6 is 0 Å². The van der Waals surface area contributed by atoms with Crippen LogP contribution in [0.15, 0.2) is 24.3 Å². The van der Waals surface area contributed by atoms with Gasteiger partial charge in [-0.05, 0) is 26.0 Å². The maximum Gasteiger partial charge on any atom is 0.340 e. The van der Waals surface area contributed by atoms with Crippen molar-refractivity contribution in [1.29, 1.82) is 0 Å². The Kier molecular flexibility index (Phi) is 8.28. The number of carbonyl (C=O) groups excluding carboxylic acids is 3. The number of rotatable bonds is 9. The van der Waals surface area contributed by atoms with Gasteiger partial charge in [0, 0.05) is 18.8 Å². The zero-order chi connectivity index (χ0) is 17.9. The monoisotopic (exact) mass is 337 g/mol. The van der Waals surface area contributed by atoms with Crippen molar-refractivity contribution < 1.29 is 24.2 Å². The molecule has 0 aliphatic rings. The lowest BCUT2D eigenvalue weighted by Gasteiger charge is -2.14. The Bertz CT molecular complexity index is 577. The number of benzene rings is 1. The van der Waals surface area contributed by atoms with Crippen molar-refractivity contribution in [3.8, 4) is 0 Å². The molecule has 4 N–H and O–H groups in total. The second kappa shape index (κ2) is 10.2. The standard InChI is InChI=1S/C16H23N3O5/c1-3-17-15(22)11(2)19-14(21)10-24-16(23)12-6-4-5-7-13(12)18-8-9-20/h4-7,11,18,20H,3,8-10H2,1-2H3,(H,17,22)(H,19,21)/t11-/m1/s1. The molecule has 1 aromatic rings. The van der Waals surface area contributed by atoms with Crippen LogP contribution in [0.5, 0.6) is 0 Å². The van der Waals surface area contributed by atoms with Gasteiger partial charge >= 0.3 is 5.97 Å². The van der Waals surface area contributed by atoms with Gasteiger partial charge in [0.25, 0.3) is 5.91 Å². The topological polar surface area (TPSA) is 117 Å². The largest absolute Gasteiger partial charge is 0.452 e. The Morgan fingerprint density at radius 1 is 1.25 bits per heavy atom. The van der Waals surface area contributed by atoms with Gasteiger partial charge in [-0.1, -0.05) is 12.1 Å². The van der Waals surface area contributed by atoms with Crippen LogP contribution in [0.25, 0.3) is 0 Å². The first-order valence-electron chi connectivity index (χ1n) is 7.67. The number of esters is 1. The Hall–Kier alpha value is -2.61. The van der Waals surface area contributed by atoms with Gasteiger partial charge in [0.1, 0.15) is 6.04 Å². The molecule has 0 saturated heterocycles. The van der Waals surface area contributed by atoms with Crippen LogP contribution in [0, 0.1) is 0 Å². The van der Waals surface area contributed by atoms with E-state index in [0.717, 1.165) is 0 Å². The summed E-state index contributed by atoms with van der Waals surface area (Å²) in [5.41, 5.74) is 0.767. The van der Waals surface area contributed by atoms with Gasteiger partial charge in [-0.15, -0.1) is 0 Å². The lowest BCUT2D eigenvalue weighted by molar-refractivity contribution is -0.130. The van der Waals surface area contributed by atoms with Crippen LogP contribution in [0.3, 0.4) is 0 Å². The average molecular weight is 337 g/mol. The fourth-order valence-corrected chi connectivity index (χ4v) is 1.89. The molecule has 0 aromatic heterocycles. The molecule has 24 heavy (non-hydrogen) atoms. The minimum Gasteiger partial charge on any atom is -0.452 e. The highest BCUT2D eigenvalue weighted by Gasteiger charge is 2.17. The Labute approximate surface area is 140 Å². The van der Waals surface area contributed by atoms with Crippen LogP contribution in [0.4, 0.5) is 5.69 Å². The molecule has 0 aliphatic heterocycles. The predicted octanol–water partition coefficient (Wildman–Crippen LogP) is -0.112. The normalized spacial score (nSPS) is 11.3. The number of aliphatic hydroxyl groups excluding tert-OH is 1. The van der Waals surface area contributed by atoms with Gasteiger partial charge in [-0.2, -0.15) is 0 Å². The number of hydrogen-bond donors (Lipinski definition) is 4. The molecule has 0 spiro atoms. The molecule has 1 rings (SSSR count). The second-order valence-electron chi connectivity index (χ2n) is 4.96. The number of carbonyl (C=O) groups is 3. The molecule has 132 valence electrons. The average Bonchev–Trinajstić information content (AvgIpc) is 2.58. The van der Waals surface area contributed by atoms with E-state index in [1.807, 2.05) is 0 Å². The molecule has 0 bridgehead atoms. The Morgan fingerprint density at radius 3 is 2.62 bits per heavy atom. The highest BCUT2D eigenvalue weighted by molar-refractivity contribution is 5.97.